The number of anilines is 2. The number of hydrogen-bond donors (Lipinski definition) is 2. The summed E-state index contributed by atoms with van der Waals surface area (Å²) in [5, 5.41) is 15.8. The minimum absolute atomic E-state index is 0.00387. The number of amides is 2. The first-order chi connectivity index (χ1) is 15.0. The van der Waals surface area contributed by atoms with E-state index in [0.717, 1.165) is 43.6 Å². The normalized spacial score (nSPS) is 18.5. The van der Waals surface area contributed by atoms with E-state index >= 15 is 0 Å². The molecule has 1 aromatic heterocycles. The summed E-state index contributed by atoms with van der Waals surface area (Å²) in [5.74, 6) is 1.04. The Labute approximate surface area is 191 Å². The van der Waals surface area contributed by atoms with Gasteiger partial charge in [0.2, 0.25) is 11.8 Å². The molecular weight excluding hydrogens is 434 g/mol. The Hall–Kier alpha value is -2.32. The van der Waals surface area contributed by atoms with Crippen molar-refractivity contribution in [3.05, 3.63) is 40.9 Å². The van der Waals surface area contributed by atoms with Gasteiger partial charge in [-0.1, -0.05) is 29.4 Å². The highest BCUT2D eigenvalue weighted by Crippen LogP contribution is 2.25. The molecule has 7 nitrogen and oxygen atoms in total. The largest absolute Gasteiger partial charge is 0.354 e. The lowest BCUT2D eigenvalue weighted by Crippen LogP contribution is -2.44. The molecule has 0 spiro atoms. The summed E-state index contributed by atoms with van der Waals surface area (Å²) >= 11 is 7.43. The van der Waals surface area contributed by atoms with Gasteiger partial charge in [-0.25, -0.2) is 0 Å². The van der Waals surface area contributed by atoms with E-state index in [9.17, 15) is 9.59 Å². The summed E-state index contributed by atoms with van der Waals surface area (Å²) in [4.78, 5) is 26.7. The molecule has 2 aromatic rings. The van der Waals surface area contributed by atoms with Crippen molar-refractivity contribution in [2.24, 2.45) is 5.92 Å². The van der Waals surface area contributed by atoms with Crippen molar-refractivity contribution in [1.82, 2.24) is 15.5 Å². The van der Waals surface area contributed by atoms with Gasteiger partial charge < -0.3 is 15.5 Å². The average molecular weight is 460 g/mol. The van der Waals surface area contributed by atoms with Crippen LogP contribution in [0.15, 0.2) is 35.4 Å². The minimum atomic E-state index is -0.128. The Kier molecular flexibility index (Phi) is 6.97. The van der Waals surface area contributed by atoms with Crippen molar-refractivity contribution < 1.29 is 9.59 Å². The molecule has 2 fully saturated rings. The molecule has 2 amide bonds. The smallest absolute Gasteiger partial charge is 0.234 e. The van der Waals surface area contributed by atoms with E-state index in [4.69, 9.17) is 11.6 Å². The fourth-order valence-electron chi connectivity index (χ4n) is 3.51. The summed E-state index contributed by atoms with van der Waals surface area (Å²) in [6, 6.07) is 9.61. The van der Waals surface area contributed by atoms with E-state index < -0.39 is 0 Å². The van der Waals surface area contributed by atoms with Gasteiger partial charge in [0.1, 0.15) is 5.03 Å². The molecule has 0 radical (unpaired) electrons. The van der Waals surface area contributed by atoms with E-state index in [1.165, 1.54) is 11.8 Å². The number of carbonyl (C=O) groups is 2. The molecule has 2 aliphatic rings. The average Bonchev–Trinajstić information content (AvgIpc) is 3.59. The molecule has 2 N–H and O–H groups in total. The molecule has 9 heteroatoms. The number of rotatable bonds is 7. The van der Waals surface area contributed by atoms with Gasteiger partial charge in [0.15, 0.2) is 5.82 Å². The molecule has 164 valence electrons. The number of aryl methyl sites for hydroxylation is 1. The van der Waals surface area contributed by atoms with Gasteiger partial charge in [-0.05, 0) is 62.4 Å². The van der Waals surface area contributed by atoms with Crippen LogP contribution in [0.4, 0.5) is 11.5 Å². The summed E-state index contributed by atoms with van der Waals surface area (Å²) in [6.45, 7) is 3.45. The predicted molar refractivity (Wildman–Crippen MR) is 124 cm³/mol. The zero-order valence-corrected chi connectivity index (χ0v) is 19.0. The monoisotopic (exact) mass is 459 g/mol. The first-order valence-electron chi connectivity index (χ1n) is 10.6. The standard InChI is InChI=1S/C22H26ClN5O2S/c1-14-4-5-17(11-18(14)23)24-20(29)13-31-21-9-8-19(26-27-21)28-10-2-3-15(12-28)22(30)25-16-6-7-16/h4-5,8-9,11,15-16H,2-3,6-7,10,12-13H2,1H3,(H,24,29)(H,25,30). The number of hydrogen-bond acceptors (Lipinski definition) is 6. The Morgan fingerprint density at radius 1 is 1.19 bits per heavy atom. The van der Waals surface area contributed by atoms with E-state index in [0.29, 0.717) is 28.3 Å². The van der Waals surface area contributed by atoms with Crippen molar-refractivity contribution in [3.63, 3.8) is 0 Å². The number of thioether (sulfide) groups is 1. The van der Waals surface area contributed by atoms with Crippen molar-refractivity contribution in [2.75, 3.05) is 29.1 Å². The van der Waals surface area contributed by atoms with Crippen molar-refractivity contribution in [3.8, 4) is 0 Å². The third-order valence-electron chi connectivity index (χ3n) is 5.47. The first-order valence-corrected chi connectivity index (χ1v) is 11.9. The van der Waals surface area contributed by atoms with Gasteiger partial charge in [-0.15, -0.1) is 10.2 Å². The summed E-state index contributed by atoms with van der Waals surface area (Å²) in [7, 11) is 0. The molecule has 0 bridgehead atoms. The second kappa shape index (κ2) is 9.87. The quantitative estimate of drug-likeness (QED) is 0.614. The fraction of sp³-hybridized carbons (Fsp3) is 0.455. The number of piperidine rings is 1. The van der Waals surface area contributed by atoms with E-state index in [1.807, 2.05) is 31.2 Å². The van der Waals surface area contributed by atoms with Crippen molar-refractivity contribution in [2.45, 2.75) is 43.7 Å². The van der Waals surface area contributed by atoms with Crippen LogP contribution in [-0.4, -0.2) is 46.9 Å². The number of halogens is 1. The number of aromatic nitrogens is 2. The van der Waals surface area contributed by atoms with Crippen LogP contribution in [0, 0.1) is 12.8 Å². The molecule has 1 saturated heterocycles. The lowest BCUT2D eigenvalue weighted by Gasteiger charge is -2.32. The van der Waals surface area contributed by atoms with E-state index in [1.54, 1.807) is 6.07 Å². The third-order valence-corrected chi connectivity index (χ3v) is 6.80. The number of nitrogens with one attached hydrogen (secondary N) is 2. The van der Waals surface area contributed by atoms with Crippen LogP contribution in [0.1, 0.15) is 31.2 Å². The molecule has 1 unspecified atom stereocenters. The Morgan fingerprint density at radius 2 is 2.03 bits per heavy atom. The number of nitrogens with zero attached hydrogens (tertiary/aromatic N) is 3. The molecule has 31 heavy (non-hydrogen) atoms. The highest BCUT2D eigenvalue weighted by molar-refractivity contribution is 7.99. The van der Waals surface area contributed by atoms with Crippen LogP contribution in [0.2, 0.25) is 5.02 Å². The number of benzene rings is 1. The Morgan fingerprint density at radius 3 is 2.74 bits per heavy atom. The summed E-state index contributed by atoms with van der Waals surface area (Å²) in [5.41, 5.74) is 1.64. The van der Waals surface area contributed by atoms with Gasteiger partial charge in [-0.3, -0.25) is 9.59 Å². The molecule has 2 heterocycles. The third kappa shape index (κ3) is 6.11. The number of carbonyl (C=O) groups excluding carboxylic acids is 2. The highest BCUT2D eigenvalue weighted by atomic mass is 35.5. The molecule has 1 atom stereocenters. The maximum Gasteiger partial charge on any atom is 0.234 e. The van der Waals surface area contributed by atoms with E-state index in [-0.39, 0.29) is 23.5 Å². The van der Waals surface area contributed by atoms with Crippen LogP contribution in [0.25, 0.3) is 0 Å². The maximum atomic E-state index is 12.4. The topological polar surface area (TPSA) is 87.2 Å². The predicted octanol–water partition coefficient (Wildman–Crippen LogP) is 3.66. The lowest BCUT2D eigenvalue weighted by atomic mass is 9.97. The summed E-state index contributed by atoms with van der Waals surface area (Å²) in [6.07, 6.45) is 4.08. The molecule has 4 rings (SSSR count). The van der Waals surface area contributed by atoms with Crippen molar-refractivity contribution in [1.29, 1.82) is 0 Å². The van der Waals surface area contributed by atoms with Crippen molar-refractivity contribution >= 4 is 46.7 Å². The van der Waals surface area contributed by atoms with Gasteiger partial charge in [-0.2, -0.15) is 0 Å². The SMILES string of the molecule is Cc1ccc(NC(=O)CSc2ccc(N3CCCC(C(=O)NC4CC4)C3)nn2)cc1Cl. The molecule has 1 aromatic carbocycles. The van der Waals surface area contributed by atoms with Gasteiger partial charge >= 0.3 is 0 Å². The fourth-order valence-corrected chi connectivity index (χ4v) is 4.31. The van der Waals surface area contributed by atoms with Crippen LogP contribution < -0.4 is 15.5 Å². The van der Waals surface area contributed by atoms with Crippen LogP contribution in [-0.2, 0) is 9.59 Å². The summed E-state index contributed by atoms with van der Waals surface area (Å²) < 4.78 is 0. The second-order valence-corrected chi connectivity index (χ2v) is 9.50. The zero-order valence-electron chi connectivity index (χ0n) is 17.4. The van der Waals surface area contributed by atoms with Gasteiger partial charge in [0, 0.05) is 29.8 Å². The van der Waals surface area contributed by atoms with Gasteiger partial charge in [0.05, 0.1) is 11.7 Å². The van der Waals surface area contributed by atoms with Crippen LogP contribution in [0.5, 0.6) is 0 Å². The highest BCUT2D eigenvalue weighted by Gasteiger charge is 2.30. The maximum absolute atomic E-state index is 12.4. The zero-order chi connectivity index (χ0) is 21.8. The van der Waals surface area contributed by atoms with E-state index in [2.05, 4.69) is 25.7 Å². The van der Waals surface area contributed by atoms with Crippen LogP contribution in [0.3, 0.4) is 0 Å². The first kappa shape index (κ1) is 21.9. The molecular formula is C22H26ClN5O2S. The Balaban J connectivity index is 1.27. The second-order valence-electron chi connectivity index (χ2n) is 8.10. The van der Waals surface area contributed by atoms with Crippen LogP contribution >= 0.6 is 23.4 Å². The van der Waals surface area contributed by atoms with Gasteiger partial charge in [0.25, 0.3) is 0 Å². The minimum Gasteiger partial charge on any atom is -0.354 e. The Bertz CT molecular complexity index is 951. The lowest BCUT2D eigenvalue weighted by molar-refractivity contribution is -0.125. The molecule has 1 aliphatic heterocycles. The molecule has 1 saturated carbocycles. The molecule has 1 aliphatic carbocycles.